The van der Waals surface area contributed by atoms with Gasteiger partial charge >= 0.3 is 0 Å². The maximum Gasteiger partial charge on any atom is 0.142 e. The Kier molecular flexibility index (Phi) is 6.72. The lowest BCUT2D eigenvalue weighted by molar-refractivity contribution is 0.322. The highest BCUT2D eigenvalue weighted by Crippen LogP contribution is 2.29. The maximum absolute atomic E-state index is 5.79. The number of hydrogen-bond donors (Lipinski definition) is 1. The molecule has 0 saturated heterocycles. The third-order valence-electron chi connectivity index (χ3n) is 3.80. The second-order valence-corrected chi connectivity index (χ2v) is 5.47. The van der Waals surface area contributed by atoms with Crippen LogP contribution in [0.4, 0.5) is 5.69 Å². The minimum atomic E-state index is 0.831. The molecule has 3 heteroatoms. The fourth-order valence-electron chi connectivity index (χ4n) is 2.65. The molecule has 2 rings (SSSR count). The van der Waals surface area contributed by atoms with Crippen molar-refractivity contribution in [2.75, 3.05) is 37.7 Å². The molecule has 1 aromatic rings. The molecule has 3 nitrogen and oxygen atoms in total. The van der Waals surface area contributed by atoms with E-state index in [1.165, 1.54) is 31.4 Å². The quantitative estimate of drug-likeness (QED) is 0.736. The molecule has 20 heavy (non-hydrogen) atoms. The van der Waals surface area contributed by atoms with Crippen LogP contribution in [0.1, 0.15) is 39.0 Å². The van der Waals surface area contributed by atoms with Crippen molar-refractivity contribution < 1.29 is 4.74 Å². The summed E-state index contributed by atoms with van der Waals surface area (Å²) in [5.74, 6) is 1.04. The van der Waals surface area contributed by atoms with Crippen molar-refractivity contribution in [3.05, 3.63) is 24.3 Å². The summed E-state index contributed by atoms with van der Waals surface area (Å²) in [4.78, 5) is 2.45. The van der Waals surface area contributed by atoms with E-state index >= 15 is 0 Å². The monoisotopic (exact) mass is 276 g/mol. The summed E-state index contributed by atoms with van der Waals surface area (Å²) < 4.78 is 5.79. The van der Waals surface area contributed by atoms with Crippen molar-refractivity contribution in [2.24, 2.45) is 0 Å². The van der Waals surface area contributed by atoms with E-state index < -0.39 is 0 Å². The van der Waals surface area contributed by atoms with Crippen LogP contribution in [0.25, 0.3) is 0 Å². The molecule has 0 amide bonds. The summed E-state index contributed by atoms with van der Waals surface area (Å²) in [5.41, 5.74) is 1.25. The highest BCUT2D eigenvalue weighted by atomic mass is 16.5. The van der Waals surface area contributed by atoms with E-state index in [2.05, 4.69) is 35.3 Å². The Hall–Kier alpha value is -1.22. The number of hydrogen-bond acceptors (Lipinski definition) is 3. The van der Waals surface area contributed by atoms with E-state index in [9.17, 15) is 0 Å². The standard InChI is InChI=1S/C17H28N2O/c1-2-3-4-7-11-18-12-14-19-13-8-15-20-17-10-6-5-9-16(17)19/h5-6,9-10,18H,2-4,7-8,11-15H2,1H3. The van der Waals surface area contributed by atoms with Crippen molar-refractivity contribution in [3.8, 4) is 5.75 Å². The van der Waals surface area contributed by atoms with Crippen LogP contribution in [0.3, 0.4) is 0 Å². The van der Waals surface area contributed by atoms with Crippen LogP contribution >= 0.6 is 0 Å². The minimum absolute atomic E-state index is 0.831. The molecule has 0 bridgehead atoms. The number of fused-ring (bicyclic) bond motifs is 1. The average Bonchev–Trinajstić information content (AvgIpc) is 2.69. The summed E-state index contributed by atoms with van der Waals surface area (Å²) >= 11 is 0. The first-order valence-electron chi connectivity index (χ1n) is 8.09. The molecular weight excluding hydrogens is 248 g/mol. The van der Waals surface area contributed by atoms with Gasteiger partial charge in [-0.05, 0) is 31.5 Å². The second kappa shape index (κ2) is 8.85. The predicted molar refractivity (Wildman–Crippen MR) is 85.8 cm³/mol. The summed E-state index contributed by atoms with van der Waals surface area (Å²) in [7, 11) is 0. The highest BCUT2D eigenvalue weighted by molar-refractivity contribution is 5.58. The SMILES string of the molecule is CCCCCCNCCN1CCCOc2ccccc21. The van der Waals surface area contributed by atoms with Crippen molar-refractivity contribution in [1.82, 2.24) is 5.32 Å². The van der Waals surface area contributed by atoms with Gasteiger partial charge in [-0.25, -0.2) is 0 Å². The van der Waals surface area contributed by atoms with Gasteiger partial charge in [-0.3, -0.25) is 0 Å². The molecule has 0 atom stereocenters. The normalized spacial score (nSPS) is 14.6. The molecule has 1 aliphatic rings. The van der Waals surface area contributed by atoms with E-state index in [0.29, 0.717) is 0 Å². The van der Waals surface area contributed by atoms with Gasteiger partial charge in [0.1, 0.15) is 5.75 Å². The van der Waals surface area contributed by atoms with Gasteiger partial charge in [0.25, 0.3) is 0 Å². The summed E-state index contributed by atoms with van der Waals surface area (Å²) in [6.07, 6.45) is 6.42. The summed E-state index contributed by atoms with van der Waals surface area (Å²) in [6.45, 7) is 7.44. The number of unbranched alkanes of at least 4 members (excludes halogenated alkanes) is 3. The fourth-order valence-corrected chi connectivity index (χ4v) is 2.65. The van der Waals surface area contributed by atoms with Crippen LogP contribution in [0.2, 0.25) is 0 Å². The molecule has 1 N–H and O–H groups in total. The van der Waals surface area contributed by atoms with Crippen molar-refractivity contribution >= 4 is 5.69 Å². The van der Waals surface area contributed by atoms with E-state index in [-0.39, 0.29) is 0 Å². The molecule has 0 spiro atoms. The summed E-state index contributed by atoms with van der Waals surface area (Å²) in [6, 6.07) is 8.39. The third kappa shape index (κ3) is 4.71. The maximum atomic E-state index is 5.79. The number of para-hydroxylation sites is 2. The lowest BCUT2D eigenvalue weighted by Crippen LogP contribution is -2.33. The Morgan fingerprint density at radius 2 is 2.05 bits per heavy atom. The zero-order valence-electron chi connectivity index (χ0n) is 12.7. The number of benzene rings is 1. The Bertz CT molecular complexity index is 381. The zero-order valence-corrected chi connectivity index (χ0v) is 12.7. The molecular formula is C17H28N2O. The van der Waals surface area contributed by atoms with Crippen LogP contribution in [0, 0.1) is 0 Å². The number of rotatable bonds is 8. The number of ether oxygens (including phenoxy) is 1. The first-order chi connectivity index (χ1) is 9.92. The molecule has 0 unspecified atom stereocenters. The first kappa shape index (κ1) is 15.2. The van der Waals surface area contributed by atoms with Crippen molar-refractivity contribution in [2.45, 2.75) is 39.0 Å². The fraction of sp³-hybridized carbons (Fsp3) is 0.647. The van der Waals surface area contributed by atoms with Gasteiger partial charge in [0.05, 0.1) is 12.3 Å². The molecule has 1 heterocycles. The van der Waals surface area contributed by atoms with Crippen molar-refractivity contribution in [3.63, 3.8) is 0 Å². The van der Waals surface area contributed by atoms with Gasteiger partial charge in [-0.1, -0.05) is 38.3 Å². The minimum Gasteiger partial charge on any atom is -0.491 e. The van der Waals surface area contributed by atoms with Gasteiger partial charge in [-0.2, -0.15) is 0 Å². The predicted octanol–water partition coefficient (Wildman–Crippen LogP) is 3.45. The molecule has 0 saturated carbocycles. The van der Waals surface area contributed by atoms with E-state index in [1.54, 1.807) is 0 Å². The third-order valence-corrected chi connectivity index (χ3v) is 3.80. The highest BCUT2D eigenvalue weighted by Gasteiger charge is 2.14. The van der Waals surface area contributed by atoms with Crippen molar-refractivity contribution in [1.29, 1.82) is 0 Å². The molecule has 0 fully saturated rings. The van der Waals surface area contributed by atoms with E-state index in [0.717, 1.165) is 45.0 Å². The molecule has 1 aromatic carbocycles. The Morgan fingerprint density at radius 1 is 1.15 bits per heavy atom. The number of nitrogens with one attached hydrogen (secondary N) is 1. The molecule has 112 valence electrons. The lowest BCUT2D eigenvalue weighted by Gasteiger charge is -2.23. The average molecular weight is 276 g/mol. The number of nitrogens with zero attached hydrogens (tertiary/aromatic N) is 1. The Balaban J connectivity index is 1.72. The van der Waals surface area contributed by atoms with Crippen LogP contribution in [-0.4, -0.2) is 32.8 Å². The van der Waals surface area contributed by atoms with E-state index in [1.807, 2.05) is 6.07 Å². The smallest absolute Gasteiger partial charge is 0.142 e. The van der Waals surface area contributed by atoms with Crippen LogP contribution in [-0.2, 0) is 0 Å². The van der Waals surface area contributed by atoms with Gasteiger partial charge in [0, 0.05) is 19.6 Å². The zero-order chi connectivity index (χ0) is 14.0. The van der Waals surface area contributed by atoms with Crippen LogP contribution < -0.4 is 15.0 Å². The topological polar surface area (TPSA) is 24.5 Å². The van der Waals surface area contributed by atoms with Crippen LogP contribution in [0.15, 0.2) is 24.3 Å². The second-order valence-electron chi connectivity index (χ2n) is 5.47. The first-order valence-corrected chi connectivity index (χ1v) is 8.09. The largest absolute Gasteiger partial charge is 0.491 e. The molecule has 0 radical (unpaired) electrons. The lowest BCUT2D eigenvalue weighted by atomic mass is 10.2. The Morgan fingerprint density at radius 3 is 2.95 bits per heavy atom. The molecule has 0 aliphatic carbocycles. The van der Waals surface area contributed by atoms with Gasteiger partial charge < -0.3 is 15.0 Å². The Labute approximate surface area is 123 Å². The summed E-state index contributed by atoms with van der Waals surface area (Å²) in [5, 5.41) is 3.56. The number of anilines is 1. The van der Waals surface area contributed by atoms with Gasteiger partial charge in [-0.15, -0.1) is 0 Å². The van der Waals surface area contributed by atoms with E-state index in [4.69, 9.17) is 4.74 Å². The molecule has 1 aliphatic heterocycles. The molecule has 0 aromatic heterocycles. The van der Waals surface area contributed by atoms with Gasteiger partial charge in [0.15, 0.2) is 0 Å². The van der Waals surface area contributed by atoms with Gasteiger partial charge in [0.2, 0.25) is 0 Å². The van der Waals surface area contributed by atoms with Crippen LogP contribution in [0.5, 0.6) is 5.75 Å².